The van der Waals surface area contributed by atoms with Gasteiger partial charge in [-0.25, -0.2) is 0 Å². The van der Waals surface area contributed by atoms with Crippen molar-refractivity contribution in [1.29, 1.82) is 0 Å². The Morgan fingerprint density at radius 1 is 0.906 bits per heavy atom. The third-order valence-corrected chi connectivity index (χ3v) is 6.02. The number of halogens is 2. The van der Waals surface area contributed by atoms with E-state index in [2.05, 4.69) is 5.32 Å². The SMILES string of the molecule is Cc1c(C)n(C(=O)c2c(Cl)cccc2Cl)c2ccc(NC(=O)C=Cc3ccccc3)cc12. The van der Waals surface area contributed by atoms with E-state index in [1.165, 1.54) is 6.08 Å². The number of aromatic nitrogens is 1. The number of aryl methyl sites for hydroxylation is 1. The van der Waals surface area contributed by atoms with Crippen molar-refractivity contribution in [1.82, 2.24) is 4.57 Å². The fourth-order valence-corrected chi connectivity index (χ4v) is 4.21. The lowest BCUT2D eigenvalue weighted by molar-refractivity contribution is -0.111. The van der Waals surface area contributed by atoms with Crippen LogP contribution in [0.4, 0.5) is 5.69 Å². The van der Waals surface area contributed by atoms with Gasteiger partial charge in [0, 0.05) is 22.8 Å². The summed E-state index contributed by atoms with van der Waals surface area (Å²) in [5, 5.41) is 4.34. The first-order chi connectivity index (χ1) is 15.4. The standard InChI is InChI=1S/C26H20Cl2N2O2/c1-16-17(2)30(26(32)25-21(27)9-6-10-22(25)28)23-13-12-19(15-20(16)23)29-24(31)14-11-18-7-4-3-5-8-18/h3-15H,1-2H3,(H,29,31). The summed E-state index contributed by atoms with van der Waals surface area (Å²) in [5.41, 5.74) is 4.29. The number of nitrogens with one attached hydrogen (secondary N) is 1. The molecule has 0 aliphatic rings. The van der Waals surface area contributed by atoms with Crippen LogP contribution < -0.4 is 5.32 Å². The van der Waals surface area contributed by atoms with Gasteiger partial charge in [-0.3, -0.25) is 14.2 Å². The van der Waals surface area contributed by atoms with E-state index >= 15 is 0 Å². The number of nitrogens with zero attached hydrogens (tertiary/aromatic N) is 1. The van der Waals surface area contributed by atoms with Gasteiger partial charge >= 0.3 is 0 Å². The Hall–Kier alpha value is -3.34. The van der Waals surface area contributed by atoms with Gasteiger partial charge in [-0.15, -0.1) is 0 Å². The molecular formula is C26H20Cl2N2O2. The Balaban J connectivity index is 1.66. The Morgan fingerprint density at radius 2 is 1.59 bits per heavy atom. The van der Waals surface area contributed by atoms with Gasteiger partial charge in [-0.2, -0.15) is 0 Å². The highest BCUT2D eigenvalue weighted by atomic mass is 35.5. The topological polar surface area (TPSA) is 51.1 Å². The number of rotatable bonds is 4. The molecule has 1 N–H and O–H groups in total. The quantitative estimate of drug-likeness (QED) is 0.335. The molecule has 0 fully saturated rings. The molecule has 1 amide bonds. The van der Waals surface area contributed by atoms with Crippen molar-refractivity contribution in [2.45, 2.75) is 13.8 Å². The maximum Gasteiger partial charge on any atom is 0.265 e. The van der Waals surface area contributed by atoms with Crippen LogP contribution in [-0.2, 0) is 4.79 Å². The van der Waals surface area contributed by atoms with Crippen molar-refractivity contribution >= 4 is 57.7 Å². The van der Waals surface area contributed by atoms with Crippen molar-refractivity contribution in [3.8, 4) is 0 Å². The molecule has 0 spiro atoms. The van der Waals surface area contributed by atoms with E-state index in [1.54, 1.807) is 34.9 Å². The van der Waals surface area contributed by atoms with Crippen LogP contribution in [0, 0.1) is 13.8 Å². The first-order valence-electron chi connectivity index (χ1n) is 10.0. The fourth-order valence-electron chi connectivity index (χ4n) is 3.65. The zero-order valence-electron chi connectivity index (χ0n) is 17.5. The molecule has 4 aromatic rings. The predicted octanol–water partition coefficient (Wildman–Crippen LogP) is 6.91. The average molecular weight is 463 g/mol. The van der Waals surface area contributed by atoms with Crippen molar-refractivity contribution in [2.24, 2.45) is 0 Å². The van der Waals surface area contributed by atoms with Crippen LogP contribution in [0.25, 0.3) is 17.0 Å². The van der Waals surface area contributed by atoms with Crippen LogP contribution >= 0.6 is 23.2 Å². The zero-order valence-corrected chi connectivity index (χ0v) is 19.0. The number of benzene rings is 3. The highest BCUT2D eigenvalue weighted by Crippen LogP contribution is 2.32. The summed E-state index contributed by atoms with van der Waals surface area (Å²) in [4.78, 5) is 25.7. The zero-order chi connectivity index (χ0) is 22.8. The smallest absolute Gasteiger partial charge is 0.265 e. The number of hydrogen-bond acceptors (Lipinski definition) is 2. The number of carbonyl (C=O) groups excluding carboxylic acids is 2. The average Bonchev–Trinajstić information content (AvgIpc) is 3.03. The minimum Gasteiger partial charge on any atom is -0.322 e. The molecule has 0 aliphatic carbocycles. The minimum absolute atomic E-state index is 0.235. The van der Waals surface area contributed by atoms with Crippen molar-refractivity contribution in [2.75, 3.05) is 5.32 Å². The van der Waals surface area contributed by atoms with Crippen LogP contribution in [0.15, 0.2) is 72.8 Å². The first kappa shape index (κ1) is 21.9. The second-order valence-electron chi connectivity index (χ2n) is 7.41. The molecule has 0 radical (unpaired) electrons. The lowest BCUT2D eigenvalue weighted by atomic mass is 10.1. The molecule has 6 heteroatoms. The molecule has 4 nitrogen and oxygen atoms in total. The number of carbonyl (C=O) groups is 2. The van der Waals surface area contributed by atoms with Gasteiger partial charge in [0.05, 0.1) is 21.1 Å². The summed E-state index contributed by atoms with van der Waals surface area (Å²) >= 11 is 12.5. The van der Waals surface area contributed by atoms with Crippen molar-refractivity contribution in [3.05, 3.63) is 105 Å². The molecular weight excluding hydrogens is 443 g/mol. The van der Waals surface area contributed by atoms with Crippen molar-refractivity contribution < 1.29 is 9.59 Å². The summed E-state index contributed by atoms with van der Waals surface area (Å²) in [6.07, 6.45) is 3.25. The molecule has 1 aromatic heterocycles. The van der Waals surface area contributed by atoms with E-state index in [9.17, 15) is 9.59 Å². The number of anilines is 1. The number of amides is 1. The van der Waals surface area contributed by atoms with Gasteiger partial charge in [0.2, 0.25) is 5.91 Å². The highest BCUT2D eigenvalue weighted by Gasteiger charge is 2.22. The van der Waals surface area contributed by atoms with E-state index in [1.807, 2.05) is 56.3 Å². The second kappa shape index (κ2) is 9.03. The summed E-state index contributed by atoms with van der Waals surface area (Å²) in [5.74, 6) is -0.528. The van der Waals surface area contributed by atoms with Crippen molar-refractivity contribution in [3.63, 3.8) is 0 Å². The number of fused-ring (bicyclic) bond motifs is 1. The second-order valence-corrected chi connectivity index (χ2v) is 8.23. The lowest BCUT2D eigenvalue weighted by Gasteiger charge is -2.10. The van der Waals surface area contributed by atoms with E-state index in [4.69, 9.17) is 23.2 Å². The molecule has 0 atom stereocenters. The Morgan fingerprint density at radius 3 is 2.28 bits per heavy atom. The summed E-state index contributed by atoms with van der Waals surface area (Å²) in [6.45, 7) is 3.81. The molecule has 160 valence electrons. The number of hydrogen-bond donors (Lipinski definition) is 1. The Kier molecular flexibility index (Phi) is 6.17. The molecule has 0 saturated carbocycles. The minimum atomic E-state index is -0.293. The van der Waals surface area contributed by atoms with E-state index in [-0.39, 0.29) is 17.4 Å². The summed E-state index contributed by atoms with van der Waals surface area (Å²) in [7, 11) is 0. The molecule has 0 bridgehead atoms. The fraction of sp³-hybridized carbons (Fsp3) is 0.0769. The molecule has 4 rings (SSSR count). The van der Waals surface area contributed by atoms with Gasteiger partial charge in [-0.05, 0) is 61.4 Å². The van der Waals surface area contributed by atoms with Gasteiger partial charge in [0.1, 0.15) is 0 Å². The lowest BCUT2D eigenvalue weighted by Crippen LogP contribution is -2.14. The van der Waals surface area contributed by atoms with Crippen LogP contribution in [0.2, 0.25) is 10.0 Å². The molecule has 0 unspecified atom stereocenters. The highest BCUT2D eigenvalue weighted by molar-refractivity contribution is 6.40. The van der Waals surface area contributed by atoms with Gasteiger partial charge < -0.3 is 5.32 Å². The Labute approximate surface area is 196 Å². The molecule has 32 heavy (non-hydrogen) atoms. The summed E-state index contributed by atoms with van der Waals surface area (Å²) in [6, 6.07) is 20.0. The van der Waals surface area contributed by atoms with E-state index in [0.717, 1.165) is 27.7 Å². The van der Waals surface area contributed by atoms with E-state index in [0.29, 0.717) is 15.7 Å². The van der Waals surface area contributed by atoms with Crippen LogP contribution in [0.3, 0.4) is 0 Å². The normalized spacial score (nSPS) is 11.2. The summed E-state index contributed by atoms with van der Waals surface area (Å²) < 4.78 is 1.61. The van der Waals surface area contributed by atoms with E-state index < -0.39 is 0 Å². The third-order valence-electron chi connectivity index (χ3n) is 5.39. The van der Waals surface area contributed by atoms with Crippen LogP contribution in [-0.4, -0.2) is 16.4 Å². The largest absolute Gasteiger partial charge is 0.322 e. The monoisotopic (exact) mass is 462 g/mol. The van der Waals surface area contributed by atoms with Gasteiger partial charge in [-0.1, -0.05) is 59.6 Å². The maximum atomic E-state index is 13.3. The van der Waals surface area contributed by atoms with Gasteiger partial charge in [0.15, 0.2) is 0 Å². The molecule has 0 saturated heterocycles. The van der Waals surface area contributed by atoms with Crippen LogP contribution in [0.1, 0.15) is 27.2 Å². The predicted molar refractivity (Wildman–Crippen MR) is 132 cm³/mol. The van der Waals surface area contributed by atoms with Gasteiger partial charge in [0.25, 0.3) is 5.91 Å². The Bertz CT molecular complexity index is 1350. The first-order valence-corrected chi connectivity index (χ1v) is 10.8. The third kappa shape index (κ3) is 4.20. The van der Waals surface area contributed by atoms with Crippen LogP contribution in [0.5, 0.6) is 0 Å². The molecule has 1 heterocycles. The maximum absolute atomic E-state index is 13.3. The molecule has 0 aliphatic heterocycles. The molecule has 3 aromatic carbocycles.